The van der Waals surface area contributed by atoms with Crippen LogP contribution in [-0.4, -0.2) is 28.8 Å². The van der Waals surface area contributed by atoms with Gasteiger partial charge < -0.3 is 16.2 Å². The Morgan fingerprint density at radius 2 is 1.96 bits per heavy atom. The van der Waals surface area contributed by atoms with Crippen molar-refractivity contribution >= 4 is 11.6 Å². The van der Waals surface area contributed by atoms with Gasteiger partial charge >= 0.3 is 0 Å². The van der Waals surface area contributed by atoms with Gasteiger partial charge in [-0.05, 0) is 54.9 Å². The van der Waals surface area contributed by atoms with Gasteiger partial charge in [-0.2, -0.15) is 0 Å². The van der Waals surface area contributed by atoms with Crippen molar-refractivity contribution in [2.24, 2.45) is 22.6 Å². The van der Waals surface area contributed by atoms with Crippen LogP contribution in [0.1, 0.15) is 56.1 Å². The largest absolute Gasteiger partial charge is 0.508 e. The first-order valence-electron chi connectivity index (χ1n) is 10.7. The summed E-state index contributed by atoms with van der Waals surface area (Å²) in [4.78, 5) is 17.9. The van der Waals surface area contributed by atoms with Crippen LogP contribution in [0.2, 0.25) is 0 Å². The highest BCUT2D eigenvalue weighted by molar-refractivity contribution is 6.24. The molecule has 5 rings (SSSR count). The average molecular weight is 380 g/mol. The summed E-state index contributed by atoms with van der Waals surface area (Å²) in [6.45, 7) is 0.755. The van der Waals surface area contributed by atoms with Crippen LogP contribution in [0.5, 0.6) is 5.75 Å². The fraction of sp³-hybridized carbons (Fsp3) is 0.565. The Kier molecular flexibility index (Phi) is 4.22. The molecule has 1 aromatic carbocycles. The maximum absolute atomic E-state index is 13.1. The number of phenolic OH excluding ortho intramolecular Hbond substituents is 1. The van der Waals surface area contributed by atoms with E-state index in [-0.39, 0.29) is 23.1 Å². The van der Waals surface area contributed by atoms with Crippen molar-refractivity contribution in [1.82, 2.24) is 5.32 Å². The van der Waals surface area contributed by atoms with E-state index >= 15 is 0 Å². The molecule has 5 heteroatoms. The summed E-state index contributed by atoms with van der Waals surface area (Å²) in [5.41, 5.74) is 10.8. The molecule has 4 aliphatic rings. The number of piperidine rings is 1. The van der Waals surface area contributed by atoms with Gasteiger partial charge in [0.25, 0.3) is 5.91 Å². The minimum Gasteiger partial charge on any atom is -0.508 e. The molecule has 0 radical (unpaired) electrons. The molecule has 28 heavy (non-hydrogen) atoms. The number of benzene rings is 1. The number of nitrogens with zero attached hydrogens (tertiary/aromatic N) is 1. The molecule has 2 atom stereocenters. The lowest BCUT2D eigenvalue weighted by Crippen LogP contribution is -2.56. The molecule has 2 aliphatic heterocycles. The molecule has 1 amide bonds. The molecule has 0 bridgehead atoms. The summed E-state index contributed by atoms with van der Waals surface area (Å²) >= 11 is 0. The number of amides is 1. The average Bonchev–Trinajstić information content (AvgIpc) is 3.42. The number of fused-ring (bicyclic) bond motifs is 2. The summed E-state index contributed by atoms with van der Waals surface area (Å²) < 4.78 is 0. The molecular weight excluding hydrogens is 350 g/mol. The molecule has 0 aromatic heterocycles. The fourth-order valence-electron chi connectivity index (χ4n) is 5.35. The highest BCUT2D eigenvalue weighted by atomic mass is 16.3. The number of nitrogens with two attached hydrogens (primary N) is 1. The van der Waals surface area contributed by atoms with Crippen molar-refractivity contribution in [2.45, 2.75) is 63.3 Å². The van der Waals surface area contributed by atoms with Crippen LogP contribution in [-0.2, 0) is 17.6 Å². The van der Waals surface area contributed by atoms with Gasteiger partial charge in [-0.3, -0.25) is 9.79 Å². The smallest absolute Gasteiger partial charge is 0.255 e. The molecule has 2 heterocycles. The van der Waals surface area contributed by atoms with Crippen LogP contribution < -0.4 is 11.1 Å². The second kappa shape index (κ2) is 6.64. The molecule has 4 N–H and O–H groups in total. The topological polar surface area (TPSA) is 87.7 Å². The quantitative estimate of drug-likeness (QED) is 0.751. The number of carbonyl (C=O) groups is 1. The number of carbonyl (C=O) groups excluding carboxylic acids is 1. The van der Waals surface area contributed by atoms with E-state index < -0.39 is 0 Å². The van der Waals surface area contributed by atoms with Gasteiger partial charge in [-0.1, -0.05) is 31.7 Å². The lowest BCUT2D eigenvalue weighted by molar-refractivity contribution is -0.119. The molecule has 148 valence electrons. The Hall–Kier alpha value is -2.30. The zero-order chi connectivity index (χ0) is 19.3. The zero-order valence-electron chi connectivity index (χ0n) is 16.3. The van der Waals surface area contributed by atoms with Gasteiger partial charge in [0.2, 0.25) is 0 Å². The number of hydrogen-bond donors (Lipinski definition) is 3. The van der Waals surface area contributed by atoms with E-state index in [1.165, 1.54) is 31.2 Å². The number of phenols is 1. The SMILES string of the molecule is NC1=C2C(=O)NC3(CC2=NCCC1CCCC1CC1)Cc1ccc(O)cc1C3. The highest BCUT2D eigenvalue weighted by Crippen LogP contribution is 2.40. The van der Waals surface area contributed by atoms with E-state index in [0.717, 1.165) is 61.5 Å². The standard InChI is InChI=1S/C23H29N3O2/c24-21-15(3-1-2-14-4-5-14)8-9-25-19-13-23(26-22(28)20(19)21)11-16-6-7-18(27)10-17(16)12-23/h6-7,10,14-15,27H,1-5,8-9,11-13,24H2,(H,26,28). The van der Waals surface area contributed by atoms with Crippen LogP contribution in [0, 0.1) is 11.8 Å². The minimum atomic E-state index is -0.332. The monoisotopic (exact) mass is 379 g/mol. The van der Waals surface area contributed by atoms with Gasteiger partial charge in [0, 0.05) is 24.6 Å². The van der Waals surface area contributed by atoms with Crippen molar-refractivity contribution in [1.29, 1.82) is 0 Å². The number of nitrogens with one attached hydrogen (secondary N) is 1. The lowest BCUT2D eigenvalue weighted by atomic mass is 9.80. The predicted octanol–water partition coefficient (Wildman–Crippen LogP) is 3.00. The Labute approximate surface area is 166 Å². The maximum atomic E-state index is 13.1. The number of hydrogen-bond acceptors (Lipinski definition) is 4. The van der Waals surface area contributed by atoms with Crippen LogP contribution in [0.15, 0.2) is 34.5 Å². The second-order valence-corrected chi connectivity index (χ2v) is 9.24. The molecule has 2 unspecified atom stereocenters. The van der Waals surface area contributed by atoms with E-state index in [2.05, 4.69) is 5.32 Å². The first-order valence-corrected chi connectivity index (χ1v) is 10.7. The third-order valence-electron chi connectivity index (χ3n) is 7.02. The Morgan fingerprint density at radius 1 is 1.14 bits per heavy atom. The summed E-state index contributed by atoms with van der Waals surface area (Å²) in [5, 5.41) is 13.1. The number of aromatic hydroxyl groups is 1. The van der Waals surface area contributed by atoms with Crippen LogP contribution in [0.25, 0.3) is 0 Å². The van der Waals surface area contributed by atoms with Gasteiger partial charge in [-0.15, -0.1) is 0 Å². The van der Waals surface area contributed by atoms with Crippen molar-refractivity contribution in [3.63, 3.8) is 0 Å². The lowest BCUT2D eigenvalue weighted by Gasteiger charge is -2.36. The Morgan fingerprint density at radius 3 is 2.79 bits per heavy atom. The molecule has 1 spiro atoms. The molecule has 1 aromatic rings. The number of rotatable bonds is 4. The van der Waals surface area contributed by atoms with Gasteiger partial charge in [-0.25, -0.2) is 0 Å². The second-order valence-electron chi connectivity index (χ2n) is 9.24. The molecule has 1 saturated carbocycles. The predicted molar refractivity (Wildman–Crippen MR) is 109 cm³/mol. The number of aliphatic imine (C=N–C) groups is 1. The molecule has 2 aliphatic carbocycles. The van der Waals surface area contributed by atoms with Crippen molar-refractivity contribution in [3.8, 4) is 5.75 Å². The van der Waals surface area contributed by atoms with Gasteiger partial charge in [0.05, 0.1) is 16.8 Å². The summed E-state index contributed by atoms with van der Waals surface area (Å²) in [7, 11) is 0. The first kappa shape index (κ1) is 17.8. The van der Waals surface area contributed by atoms with E-state index in [4.69, 9.17) is 10.7 Å². The first-order chi connectivity index (χ1) is 13.5. The fourth-order valence-corrected chi connectivity index (χ4v) is 5.35. The third-order valence-corrected chi connectivity index (χ3v) is 7.02. The Bertz CT molecular complexity index is 884. The van der Waals surface area contributed by atoms with Crippen molar-refractivity contribution in [2.75, 3.05) is 6.54 Å². The minimum absolute atomic E-state index is 0.0615. The van der Waals surface area contributed by atoms with Crippen LogP contribution in [0.3, 0.4) is 0 Å². The molecule has 2 fully saturated rings. The highest BCUT2D eigenvalue weighted by Gasteiger charge is 2.46. The van der Waals surface area contributed by atoms with Crippen LogP contribution in [0.4, 0.5) is 0 Å². The summed E-state index contributed by atoms with van der Waals surface area (Å²) in [6, 6.07) is 5.51. The maximum Gasteiger partial charge on any atom is 0.255 e. The molecule has 1 saturated heterocycles. The molecular formula is C23H29N3O2. The molecule has 5 nitrogen and oxygen atoms in total. The van der Waals surface area contributed by atoms with E-state index in [9.17, 15) is 9.90 Å². The van der Waals surface area contributed by atoms with Crippen LogP contribution >= 0.6 is 0 Å². The summed E-state index contributed by atoms with van der Waals surface area (Å²) in [5.74, 6) is 1.43. The van der Waals surface area contributed by atoms with Gasteiger partial charge in [0.15, 0.2) is 0 Å². The summed E-state index contributed by atoms with van der Waals surface area (Å²) in [6.07, 6.45) is 9.52. The Balaban J connectivity index is 1.36. The van der Waals surface area contributed by atoms with E-state index in [1.54, 1.807) is 6.07 Å². The zero-order valence-corrected chi connectivity index (χ0v) is 16.3. The van der Waals surface area contributed by atoms with Crippen molar-refractivity contribution in [3.05, 3.63) is 40.6 Å². The normalized spacial score (nSPS) is 29.2. The van der Waals surface area contributed by atoms with E-state index in [0.29, 0.717) is 5.57 Å². The van der Waals surface area contributed by atoms with Gasteiger partial charge in [0.1, 0.15) is 5.75 Å². The third kappa shape index (κ3) is 3.21. The van der Waals surface area contributed by atoms with E-state index in [1.807, 2.05) is 12.1 Å². The number of allylic oxidation sites excluding steroid dienone is 1. The van der Waals surface area contributed by atoms with Crippen molar-refractivity contribution < 1.29 is 9.90 Å².